The summed E-state index contributed by atoms with van der Waals surface area (Å²) in [7, 11) is -4.24. The van der Waals surface area contributed by atoms with Gasteiger partial charge in [-0.3, -0.25) is 0 Å². The Morgan fingerprint density at radius 3 is 1.71 bits per heavy atom. The molecule has 0 radical (unpaired) electrons. The van der Waals surface area contributed by atoms with Crippen molar-refractivity contribution < 1.29 is 22.9 Å². The molecule has 0 fully saturated rings. The van der Waals surface area contributed by atoms with Crippen LogP contribution in [0.2, 0.25) is 0 Å². The smallest absolute Gasteiger partial charge is 0.386 e. The van der Waals surface area contributed by atoms with Crippen molar-refractivity contribution in [3.05, 3.63) is 60.7 Å². The molecule has 2 aromatic rings. The zero-order chi connectivity index (χ0) is 17.6. The van der Waals surface area contributed by atoms with Crippen LogP contribution in [0, 0.1) is 5.92 Å². The van der Waals surface area contributed by atoms with E-state index in [0.717, 1.165) is 0 Å². The Morgan fingerprint density at radius 2 is 1.33 bits per heavy atom. The van der Waals surface area contributed by atoms with Crippen LogP contribution in [0.3, 0.4) is 0 Å². The van der Waals surface area contributed by atoms with Crippen LogP contribution in [0.1, 0.15) is 13.8 Å². The van der Waals surface area contributed by atoms with E-state index in [-0.39, 0.29) is 17.4 Å². The summed E-state index contributed by atoms with van der Waals surface area (Å²) in [6, 6.07) is 15.7. The molecule has 6 nitrogen and oxygen atoms in total. The Hall–Kier alpha value is -2.30. The molecule has 1 atom stereocenters. The van der Waals surface area contributed by atoms with E-state index < -0.39 is 19.8 Å². The summed E-state index contributed by atoms with van der Waals surface area (Å²) in [5, 5.41) is 0. The Bertz CT molecular complexity index is 660. The molecular weight excluding hydrogens is 329 g/mol. The van der Waals surface area contributed by atoms with Crippen LogP contribution >= 0.6 is 7.82 Å². The first kappa shape index (κ1) is 18.0. The molecule has 0 heterocycles. The standard InChI is InChI=1S/C17H20NO5P/c1-13(2)16(18)17(19)23-24(20,21-14-9-5-3-6-10-14)22-15-11-7-4-8-12-15/h3-13,16H,18H2,1-2H3. The van der Waals surface area contributed by atoms with E-state index in [1.165, 1.54) is 0 Å². The van der Waals surface area contributed by atoms with Gasteiger partial charge in [-0.2, -0.15) is 4.57 Å². The van der Waals surface area contributed by atoms with Crippen LogP contribution in [-0.4, -0.2) is 12.0 Å². The average Bonchev–Trinajstić information content (AvgIpc) is 2.55. The zero-order valence-corrected chi connectivity index (χ0v) is 14.4. The molecule has 0 aliphatic heterocycles. The second-order valence-electron chi connectivity index (χ2n) is 5.44. The summed E-state index contributed by atoms with van der Waals surface area (Å²) in [6.45, 7) is 3.51. The zero-order valence-electron chi connectivity index (χ0n) is 13.5. The fraction of sp³-hybridized carbons (Fsp3) is 0.235. The van der Waals surface area contributed by atoms with E-state index in [1.54, 1.807) is 74.5 Å². The second kappa shape index (κ2) is 7.99. The average molecular weight is 349 g/mol. The van der Waals surface area contributed by atoms with Gasteiger partial charge in [-0.05, 0) is 30.2 Å². The lowest BCUT2D eigenvalue weighted by Gasteiger charge is -2.21. The highest BCUT2D eigenvalue weighted by Crippen LogP contribution is 2.49. The van der Waals surface area contributed by atoms with Crippen molar-refractivity contribution >= 4 is 13.8 Å². The van der Waals surface area contributed by atoms with Crippen LogP contribution in [0.4, 0.5) is 0 Å². The molecule has 24 heavy (non-hydrogen) atoms. The number of phosphoric ester groups is 1. The van der Waals surface area contributed by atoms with E-state index in [0.29, 0.717) is 0 Å². The molecule has 2 aromatic carbocycles. The Labute approximate surface area is 141 Å². The lowest BCUT2D eigenvalue weighted by molar-refractivity contribution is -0.137. The van der Waals surface area contributed by atoms with Crippen molar-refractivity contribution in [3.8, 4) is 11.5 Å². The van der Waals surface area contributed by atoms with E-state index in [1.807, 2.05) is 0 Å². The summed E-state index contributed by atoms with van der Waals surface area (Å²) in [4.78, 5) is 12.1. The van der Waals surface area contributed by atoms with E-state index in [9.17, 15) is 9.36 Å². The minimum atomic E-state index is -4.24. The SMILES string of the molecule is CC(C)C(N)C(=O)OP(=O)(Oc1ccccc1)Oc1ccccc1. The molecule has 1 unspecified atom stereocenters. The highest BCUT2D eigenvalue weighted by molar-refractivity contribution is 7.50. The van der Waals surface area contributed by atoms with Gasteiger partial charge >= 0.3 is 13.8 Å². The van der Waals surface area contributed by atoms with Crippen molar-refractivity contribution in [1.82, 2.24) is 0 Å². The maximum Gasteiger partial charge on any atom is 0.649 e. The molecule has 0 aliphatic rings. The Morgan fingerprint density at radius 1 is 0.917 bits per heavy atom. The second-order valence-corrected chi connectivity index (χ2v) is 6.88. The van der Waals surface area contributed by atoms with Crippen molar-refractivity contribution in [2.75, 3.05) is 0 Å². The van der Waals surface area contributed by atoms with E-state index in [2.05, 4.69) is 0 Å². The Kier molecular flexibility index (Phi) is 6.01. The van der Waals surface area contributed by atoms with Gasteiger partial charge in [0, 0.05) is 0 Å². The van der Waals surface area contributed by atoms with Gasteiger partial charge in [-0.1, -0.05) is 50.2 Å². The topological polar surface area (TPSA) is 87.9 Å². The fourth-order valence-electron chi connectivity index (χ4n) is 1.72. The van der Waals surface area contributed by atoms with Gasteiger partial charge in [0.05, 0.1) is 0 Å². The molecule has 128 valence electrons. The summed E-state index contributed by atoms with van der Waals surface area (Å²) in [5.41, 5.74) is 5.75. The predicted octanol–water partition coefficient (Wildman–Crippen LogP) is 3.78. The summed E-state index contributed by atoms with van der Waals surface area (Å²) in [5.74, 6) is -0.523. The van der Waals surface area contributed by atoms with Crippen molar-refractivity contribution in [3.63, 3.8) is 0 Å². The minimum Gasteiger partial charge on any atom is -0.386 e. The van der Waals surface area contributed by atoms with Gasteiger partial charge in [0.25, 0.3) is 0 Å². The molecule has 2 N–H and O–H groups in total. The maximum atomic E-state index is 12.9. The van der Waals surface area contributed by atoms with Gasteiger partial charge in [-0.25, -0.2) is 4.79 Å². The lowest BCUT2D eigenvalue weighted by Crippen LogP contribution is -2.37. The van der Waals surface area contributed by atoms with Crippen LogP contribution in [0.15, 0.2) is 60.7 Å². The number of carbonyl (C=O) groups excluding carboxylic acids is 1. The Balaban J connectivity index is 2.23. The van der Waals surface area contributed by atoms with Crippen LogP contribution in [-0.2, 0) is 13.9 Å². The molecule has 0 spiro atoms. The number of hydrogen-bond donors (Lipinski definition) is 1. The predicted molar refractivity (Wildman–Crippen MR) is 90.7 cm³/mol. The molecular formula is C17H20NO5P. The monoisotopic (exact) mass is 349 g/mol. The third-order valence-corrected chi connectivity index (χ3v) is 4.39. The van der Waals surface area contributed by atoms with Crippen LogP contribution in [0.5, 0.6) is 11.5 Å². The van der Waals surface area contributed by atoms with Crippen LogP contribution in [0.25, 0.3) is 0 Å². The van der Waals surface area contributed by atoms with Gasteiger partial charge in [0.15, 0.2) is 0 Å². The third kappa shape index (κ3) is 5.11. The van der Waals surface area contributed by atoms with Crippen molar-refractivity contribution in [2.24, 2.45) is 11.7 Å². The number of carbonyl (C=O) groups is 1. The minimum absolute atomic E-state index is 0.181. The number of benzene rings is 2. The molecule has 0 aromatic heterocycles. The van der Waals surface area contributed by atoms with Gasteiger partial charge in [0.1, 0.15) is 17.5 Å². The number of rotatable bonds is 7. The normalized spacial score (nSPS) is 12.5. The highest BCUT2D eigenvalue weighted by atomic mass is 31.2. The van der Waals surface area contributed by atoms with Gasteiger partial charge < -0.3 is 19.3 Å². The lowest BCUT2D eigenvalue weighted by atomic mass is 10.1. The third-order valence-electron chi connectivity index (χ3n) is 3.11. The first-order valence-electron chi connectivity index (χ1n) is 7.48. The quantitative estimate of drug-likeness (QED) is 0.766. The maximum absolute atomic E-state index is 12.9. The number of nitrogens with two attached hydrogens (primary N) is 1. The van der Waals surface area contributed by atoms with Gasteiger partial charge in [0.2, 0.25) is 0 Å². The molecule has 0 aliphatic carbocycles. The van der Waals surface area contributed by atoms with E-state index in [4.69, 9.17) is 19.3 Å². The number of phosphoric acid groups is 1. The van der Waals surface area contributed by atoms with Crippen LogP contribution < -0.4 is 14.8 Å². The van der Waals surface area contributed by atoms with Crippen molar-refractivity contribution in [1.29, 1.82) is 0 Å². The summed E-state index contributed by atoms with van der Waals surface area (Å²) >= 11 is 0. The van der Waals surface area contributed by atoms with E-state index >= 15 is 0 Å². The molecule has 2 rings (SSSR count). The molecule has 0 saturated carbocycles. The largest absolute Gasteiger partial charge is 0.649 e. The number of hydrogen-bond acceptors (Lipinski definition) is 6. The molecule has 0 bridgehead atoms. The molecule has 0 amide bonds. The van der Waals surface area contributed by atoms with Gasteiger partial charge in [-0.15, -0.1) is 0 Å². The summed E-state index contributed by atoms with van der Waals surface area (Å²) < 4.78 is 28.6. The highest BCUT2D eigenvalue weighted by Gasteiger charge is 2.37. The summed E-state index contributed by atoms with van der Waals surface area (Å²) in [6.07, 6.45) is 0. The number of para-hydroxylation sites is 2. The van der Waals surface area contributed by atoms with Crippen molar-refractivity contribution in [2.45, 2.75) is 19.9 Å². The molecule has 7 heteroatoms. The fourth-order valence-corrected chi connectivity index (χ4v) is 2.93. The first-order valence-corrected chi connectivity index (χ1v) is 8.94. The molecule has 0 saturated heterocycles. The first-order chi connectivity index (χ1) is 11.4.